The van der Waals surface area contributed by atoms with Gasteiger partial charge in [0.25, 0.3) is 0 Å². The van der Waals surface area contributed by atoms with Crippen molar-refractivity contribution < 1.29 is 4.42 Å². The molecular weight excluding hydrogens is 488 g/mol. The smallest absolute Gasteiger partial charge is 0.137 e. The Kier molecular flexibility index (Phi) is 4.26. The van der Waals surface area contributed by atoms with Crippen LogP contribution in [0, 0.1) is 6.92 Å². The highest BCUT2D eigenvalue weighted by Gasteiger charge is 2.19. The van der Waals surface area contributed by atoms with Gasteiger partial charge in [0.1, 0.15) is 11.2 Å². The highest BCUT2D eigenvalue weighted by Crippen LogP contribution is 2.40. The molecule has 3 aromatic heterocycles. The minimum absolute atomic E-state index is 0.892. The van der Waals surface area contributed by atoms with E-state index in [0.717, 1.165) is 33.3 Å². The Morgan fingerprint density at radius 3 is 1.80 bits per heavy atom. The molecule has 6 aromatic carbocycles. The van der Waals surface area contributed by atoms with E-state index >= 15 is 0 Å². The first-order chi connectivity index (χ1) is 19.8. The highest BCUT2D eigenvalue weighted by molar-refractivity contribution is 6.15. The molecule has 0 bridgehead atoms. The Balaban J connectivity index is 1.39. The predicted octanol–water partition coefficient (Wildman–Crippen LogP) is 10.1. The molecular formula is C37H24N2O. The third kappa shape index (κ3) is 2.84. The summed E-state index contributed by atoms with van der Waals surface area (Å²) >= 11 is 0. The van der Waals surface area contributed by atoms with Gasteiger partial charge in [-0.2, -0.15) is 0 Å². The number of para-hydroxylation sites is 3. The molecule has 0 aliphatic heterocycles. The number of furan rings is 1. The zero-order valence-corrected chi connectivity index (χ0v) is 21.9. The van der Waals surface area contributed by atoms with Gasteiger partial charge >= 0.3 is 0 Å². The molecule has 0 N–H and O–H groups in total. The number of benzene rings is 6. The summed E-state index contributed by atoms with van der Waals surface area (Å²) in [4.78, 5) is 0. The Morgan fingerprint density at radius 2 is 1.07 bits per heavy atom. The van der Waals surface area contributed by atoms with Crippen molar-refractivity contribution in [2.24, 2.45) is 0 Å². The van der Waals surface area contributed by atoms with Crippen molar-refractivity contribution in [3.63, 3.8) is 0 Å². The molecule has 3 heterocycles. The van der Waals surface area contributed by atoms with Crippen LogP contribution in [0.5, 0.6) is 0 Å². The van der Waals surface area contributed by atoms with Crippen molar-refractivity contribution in [1.82, 2.24) is 9.13 Å². The summed E-state index contributed by atoms with van der Waals surface area (Å²) in [6, 6.07) is 45.7. The van der Waals surface area contributed by atoms with Crippen LogP contribution in [0.2, 0.25) is 0 Å². The molecule has 9 aromatic rings. The van der Waals surface area contributed by atoms with Crippen molar-refractivity contribution >= 4 is 65.6 Å². The van der Waals surface area contributed by atoms with Crippen LogP contribution in [0.25, 0.3) is 76.9 Å². The van der Waals surface area contributed by atoms with Crippen LogP contribution in [-0.2, 0) is 0 Å². The summed E-state index contributed by atoms with van der Waals surface area (Å²) in [5.41, 5.74) is 10.1. The third-order valence-corrected chi connectivity index (χ3v) is 8.36. The van der Waals surface area contributed by atoms with E-state index in [-0.39, 0.29) is 0 Å². The first-order valence-corrected chi connectivity index (χ1v) is 13.7. The van der Waals surface area contributed by atoms with E-state index in [0.29, 0.717) is 0 Å². The van der Waals surface area contributed by atoms with E-state index in [2.05, 4.69) is 143 Å². The van der Waals surface area contributed by atoms with E-state index in [1.165, 1.54) is 49.2 Å². The van der Waals surface area contributed by atoms with Gasteiger partial charge in [0, 0.05) is 32.6 Å². The van der Waals surface area contributed by atoms with E-state index in [1.54, 1.807) is 0 Å². The lowest BCUT2D eigenvalue weighted by atomic mass is 10.1. The molecule has 188 valence electrons. The predicted molar refractivity (Wildman–Crippen MR) is 167 cm³/mol. The Morgan fingerprint density at radius 1 is 0.450 bits per heavy atom. The van der Waals surface area contributed by atoms with Crippen molar-refractivity contribution in [1.29, 1.82) is 0 Å². The van der Waals surface area contributed by atoms with Gasteiger partial charge in [-0.3, -0.25) is 0 Å². The second kappa shape index (κ2) is 7.87. The van der Waals surface area contributed by atoms with Gasteiger partial charge in [-0.15, -0.1) is 0 Å². The van der Waals surface area contributed by atoms with Crippen LogP contribution in [0.1, 0.15) is 5.56 Å². The van der Waals surface area contributed by atoms with Gasteiger partial charge in [-0.05, 0) is 67.6 Å². The maximum absolute atomic E-state index is 6.46. The Hall–Kier alpha value is -5.28. The quantitative estimate of drug-likeness (QED) is 0.226. The number of hydrogen-bond donors (Lipinski definition) is 0. The molecule has 0 aliphatic rings. The number of rotatable bonds is 2. The average Bonchev–Trinajstić information content (AvgIpc) is 3.64. The van der Waals surface area contributed by atoms with E-state index in [9.17, 15) is 0 Å². The number of fused-ring (bicyclic) bond motifs is 9. The number of aromatic nitrogens is 2. The summed E-state index contributed by atoms with van der Waals surface area (Å²) in [5.74, 6) is 0. The van der Waals surface area contributed by atoms with Gasteiger partial charge in [-0.25, -0.2) is 0 Å². The van der Waals surface area contributed by atoms with Gasteiger partial charge < -0.3 is 13.6 Å². The maximum atomic E-state index is 6.46. The Bertz CT molecular complexity index is 2400. The molecule has 9 rings (SSSR count). The van der Waals surface area contributed by atoms with Gasteiger partial charge in [0.15, 0.2) is 0 Å². The fourth-order valence-electron chi connectivity index (χ4n) is 6.67. The molecule has 40 heavy (non-hydrogen) atoms. The zero-order valence-electron chi connectivity index (χ0n) is 21.9. The van der Waals surface area contributed by atoms with Gasteiger partial charge in [0.05, 0.1) is 33.1 Å². The second-order valence-corrected chi connectivity index (χ2v) is 10.7. The highest BCUT2D eigenvalue weighted by atomic mass is 16.3. The SMILES string of the molecule is Cc1ccc2c(c1)c1ccccc1n2-c1cccc2oc3ccc(-n4c5ccccc5c5ccccc54)cc3c12. The van der Waals surface area contributed by atoms with Crippen molar-refractivity contribution in [2.45, 2.75) is 6.92 Å². The first kappa shape index (κ1) is 21.6. The van der Waals surface area contributed by atoms with Crippen LogP contribution in [0.15, 0.2) is 132 Å². The molecule has 0 saturated carbocycles. The molecule has 0 amide bonds. The van der Waals surface area contributed by atoms with Crippen LogP contribution in [0.3, 0.4) is 0 Å². The minimum Gasteiger partial charge on any atom is -0.456 e. The van der Waals surface area contributed by atoms with Crippen molar-refractivity contribution in [2.75, 3.05) is 0 Å². The molecule has 0 fully saturated rings. The summed E-state index contributed by atoms with van der Waals surface area (Å²) in [5, 5.41) is 7.29. The average molecular weight is 513 g/mol. The molecule has 0 aliphatic carbocycles. The summed E-state index contributed by atoms with van der Waals surface area (Å²) in [6.45, 7) is 2.16. The molecule has 0 radical (unpaired) electrons. The monoisotopic (exact) mass is 512 g/mol. The van der Waals surface area contributed by atoms with E-state index < -0.39 is 0 Å². The largest absolute Gasteiger partial charge is 0.456 e. The van der Waals surface area contributed by atoms with E-state index in [4.69, 9.17) is 4.42 Å². The Labute approximate surface area is 230 Å². The van der Waals surface area contributed by atoms with Crippen LogP contribution >= 0.6 is 0 Å². The second-order valence-electron chi connectivity index (χ2n) is 10.7. The van der Waals surface area contributed by atoms with Crippen LogP contribution < -0.4 is 0 Å². The summed E-state index contributed by atoms with van der Waals surface area (Å²) in [6.07, 6.45) is 0. The molecule has 3 nitrogen and oxygen atoms in total. The maximum Gasteiger partial charge on any atom is 0.137 e. The fourth-order valence-corrected chi connectivity index (χ4v) is 6.67. The standard InChI is InChI=1S/C37H24N2O/c1-23-17-19-33-28(21-23)27-11-4-7-14-32(27)39(33)34-15-8-16-36-37(34)29-22-24(18-20-35(29)40-36)38-30-12-5-2-9-25(30)26-10-3-6-13-31(26)38/h2-22H,1H3. The minimum atomic E-state index is 0.892. The summed E-state index contributed by atoms with van der Waals surface area (Å²) < 4.78 is 11.2. The van der Waals surface area contributed by atoms with Crippen LogP contribution in [-0.4, -0.2) is 9.13 Å². The van der Waals surface area contributed by atoms with E-state index in [1.807, 2.05) is 0 Å². The molecule has 0 spiro atoms. The number of hydrogen-bond acceptors (Lipinski definition) is 1. The van der Waals surface area contributed by atoms with Crippen molar-refractivity contribution in [3.8, 4) is 11.4 Å². The number of nitrogens with zero attached hydrogens (tertiary/aromatic N) is 2. The fraction of sp³-hybridized carbons (Fsp3) is 0.0270. The lowest BCUT2D eigenvalue weighted by molar-refractivity contribution is 0.669. The normalized spacial score (nSPS) is 12.1. The molecule has 0 atom stereocenters. The zero-order chi connectivity index (χ0) is 26.4. The van der Waals surface area contributed by atoms with Crippen molar-refractivity contribution in [3.05, 3.63) is 133 Å². The molecule has 0 unspecified atom stereocenters. The first-order valence-electron chi connectivity index (χ1n) is 13.7. The number of aryl methyl sites for hydroxylation is 1. The summed E-state index contributed by atoms with van der Waals surface area (Å²) in [7, 11) is 0. The lowest BCUT2D eigenvalue weighted by Gasteiger charge is -2.11. The molecule has 0 saturated heterocycles. The lowest BCUT2D eigenvalue weighted by Crippen LogP contribution is -1.95. The topological polar surface area (TPSA) is 23.0 Å². The third-order valence-electron chi connectivity index (χ3n) is 8.36. The van der Waals surface area contributed by atoms with Gasteiger partial charge in [0.2, 0.25) is 0 Å². The van der Waals surface area contributed by atoms with Gasteiger partial charge in [-0.1, -0.05) is 72.3 Å². The molecule has 3 heteroatoms. The van der Waals surface area contributed by atoms with Crippen LogP contribution in [0.4, 0.5) is 0 Å².